The highest BCUT2D eigenvalue weighted by Crippen LogP contribution is 2.19. The minimum Gasteiger partial charge on any atom is -0.486 e. The van der Waals surface area contributed by atoms with E-state index in [1.54, 1.807) is 19.1 Å². The summed E-state index contributed by atoms with van der Waals surface area (Å²) in [6, 6.07) is 4.72. The van der Waals surface area contributed by atoms with E-state index in [9.17, 15) is 4.39 Å². The first-order valence-electron chi connectivity index (χ1n) is 4.87. The van der Waals surface area contributed by atoms with Crippen molar-refractivity contribution in [3.05, 3.63) is 34.6 Å². The predicted molar refractivity (Wildman–Crippen MR) is 63.2 cm³/mol. The van der Waals surface area contributed by atoms with Crippen molar-refractivity contribution < 1.29 is 9.13 Å². The average molecular weight is 254 g/mol. The van der Waals surface area contributed by atoms with E-state index >= 15 is 0 Å². The molecule has 0 bridgehead atoms. The summed E-state index contributed by atoms with van der Waals surface area (Å²) >= 11 is 1.28. The number of nitrogens with two attached hydrogens (primary N) is 1. The van der Waals surface area contributed by atoms with Crippen molar-refractivity contribution in [2.24, 2.45) is 5.84 Å². The van der Waals surface area contributed by atoms with Crippen LogP contribution in [0.5, 0.6) is 5.75 Å². The molecular formula is C10H11FN4OS. The third kappa shape index (κ3) is 2.89. The quantitative estimate of drug-likeness (QED) is 0.643. The summed E-state index contributed by atoms with van der Waals surface area (Å²) in [6.07, 6.45) is 0. The number of benzene rings is 1. The Kier molecular flexibility index (Phi) is 3.50. The molecule has 0 fully saturated rings. The Bertz CT molecular complexity index is 517. The summed E-state index contributed by atoms with van der Waals surface area (Å²) in [6.45, 7) is 1.94. The lowest BCUT2D eigenvalue weighted by molar-refractivity contribution is 0.303. The molecular weight excluding hydrogens is 243 g/mol. The molecule has 0 atom stereocenters. The van der Waals surface area contributed by atoms with Crippen molar-refractivity contribution in [1.29, 1.82) is 0 Å². The first-order chi connectivity index (χ1) is 8.19. The first kappa shape index (κ1) is 11.7. The molecule has 1 aromatic heterocycles. The van der Waals surface area contributed by atoms with Crippen LogP contribution in [0.3, 0.4) is 0 Å². The van der Waals surface area contributed by atoms with E-state index < -0.39 is 0 Å². The van der Waals surface area contributed by atoms with Crippen LogP contribution in [0.2, 0.25) is 0 Å². The molecule has 1 aromatic carbocycles. The van der Waals surface area contributed by atoms with Crippen LogP contribution >= 0.6 is 11.3 Å². The van der Waals surface area contributed by atoms with Gasteiger partial charge in [-0.1, -0.05) is 17.4 Å². The van der Waals surface area contributed by atoms with Gasteiger partial charge in [-0.3, -0.25) is 5.43 Å². The maximum Gasteiger partial charge on any atom is 0.219 e. The standard InChI is InChI=1S/C10H11FN4OS/c1-6-2-3-7(4-8(6)11)16-5-9-14-15-10(13-12)17-9/h2-4H,5,12H2,1H3,(H,13,15). The molecule has 7 heteroatoms. The van der Waals surface area contributed by atoms with Gasteiger partial charge >= 0.3 is 0 Å². The summed E-state index contributed by atoms with van der Waals surface area (Å²) in [4.78, 5) is 0. The van der Waals surface area contributed by atoms with E-state index in [0.717, 1.165) is 0 Å². The van der Waals surface area contributed by atoms with Crippen molar-refractivity contribution in [3.8, 4) is 5.75 Å². The highest BCUT2D eigenvalue weighted by atomic mass is 32.1. The monoisotopic (exact) mass is 254 g/mol. The Labute approximate surface area is 101 Å². The molecule has 0 amide bonds. The SMILES string of the molecule is Cc1ccc(OCc2nnc(NN)s2)cc1F. The number of rotatable bonds is 4. The Morgan fingerprint density at radius 2 is 2.29 bits per heavy atom. The number of anilines is 1. The van der Waals surface area contributed by atoms with E-state index in [2.05, 4.69) is 15.6 Å². The van der Waals surface area contributed by atoms with E-state index in [4.69, 9.17) is 10.6 Å². The van der Waals surface area contributed by atoms with Crippen LogP contribution in [0.25, 0.3) is 0 Å². The van der Waals surface area contributed by atoms with E-state index in [-0.39, 0.29) is 12.4 Å². The molecule has 0 unspecified atom stereocenters. The molecule has 2 rings (SSSR count). The van der Waals surface area contributed by atoms with Gasteiger partial charge in [0.15, 0.2) is 5.01 Å². The summed E-state index contributed by atoms with van der Waals surface area (Å²) in [7, 11) is 0. The smallest absolute Gasteiger partial charge is 0.219 e. The number of halogens is 1. The molecule has 0 aliphatic carbocycles. The van der Waals surface area contributed by atoms with Crippen molar-refractivity contribution in [1.82, 2.24) is 10.2 Å². The fourth-order valence-corrected chi connectivity index (χ4v) is 1.74. The minimum atomic E-state index is -0.288. The maximum atomic E-state index is 13.2. The van der Waals surface area contributed by atoms with Gasteiger partial charge < -0.3 is 4.74 Å². The van der Waals surface area contributed by atoms with Crippen LogP contribution in [0.15, 0.2) is 18.2 Å². The zero-order valence-electron chi connectivity index (χ0n) is 9.11. The third-order valence-electron chi connectivity index (χ3n) is 2.10. The van der Waals surface area contributed by atoms with Gasteiger partial charge in [0.05, 0.1) is 0 Å². The van der Waals surface area contributed by atoms with E-state index in [1.807, 2.05) is 0 Å². The van der Waals surface area contributed by atoms with Crippen LogP contribution in [0.1, 0.15) is 10.6 Å². The van der Waals surface area contributed by atoms with Crippen molar-refractivity contribution in [3.63, 3.8) is 0 Å². The van der Waals surface area contributed by atoms with E-state index in [0.29, 0.717) is 21.5 Å². The van der Waals surface area contributed by atoms with Crippen LogP contribution in [-0.2, 0) is 6.61 Å². The largest absolute Gasteiger partial charge is 0.486 e. The average Bonchev–Trinajstić information content (AvgIpc) is 2.79. The number of nitrogens with one attached hydrogen (secondary N) is 1. The summed E-state index contributed by atoms with van der Waals surface area (Å²) in [5.41, 5.74) is 2.98. The minimum absolute atomic E-state index is 0.238. The molecule has 5 nitrogen and oxygen atoms in total. The third-order valence-corrected chi connectivity index (χ3v) is 2.92. The van der Waals surface area contributed by atoms with E-state index in [1.165, 1.54) is 17.4 Å². The highest BCUT2D eigenvalue weighted by molar-refractivity contribution is 7.15. The second-order valence-corrected chi connectivity index (χ2v) is 4.41. The number of ether oxygens (including phenoxy) is 1. The Hall–Kier alpha value is -1.73. The molecule has 0 saturated carbocycles. The Morgan fingerprint density at radius 3 is 2.94 bits per heavy atom. The second-order valence-electron chi connectivity index (χ2n) is 3.34. The summed E-state index contributed by atoms with van der Waals surface area (Å²) in [5.74, 6) is 5.35. The Balaban J connectivity index is 1.99. The number of hydrogen-bond donors (Lipinski definition) is 2. The molecule has 0 spiro atoms. The van der Waals surface area contributed by atoms with Crippen LogP contribution in [0.4, 0.5) is 9.52 Å². The lowest BCUT2D eigenvalue weighted by Gasteiger charge is -2.04. The first-order valence-corrected chi connectivity index (χ1v) is 5.68. The molecule has 0 saturated heterocycles. The number of aryl methyl sites for hydroxylation is 1. The molecule has 90 valence electrons. The number of nitrogens with zero attached hydrogens (tertiary/aromatic N) is 2. The number of nitrogen functional groups attached to an aromatic ring is 1. The van der Waals surface area contributed by atoms with Crippen molar-refractivity contribution >= 4 is 16.5 Å². The van der Waals surface area contributed by atoms with Gasteiger partial charge in [0.25, 0.3) is 0 Å². The van der Waals surface area contributed by atoms with Gasteiger partial charge in [0, 0.05) is 6.07 Å². The topological polar surface area (TPSA) is 73.1 Å². The highest BCUT2D eigenvalue weighted by Gasteiger charge is 2.05. The fraction of sp³-hybridized carbons (Fsp3) is 0.200. The van der Waals surface area contributed by atoms with Crippen molar-refractivity contribution in [2.75, 3.05) is 5.43 Å². The lowest BCUT2D eigenvalue weighted by Crippen LogP contribution is -2.05. The van der Waals surface area contributed by atoms with Crippen molar-refractivity contribution in [2.45, 2.75) is 13.5 Å². The zero-order valence-corrected chi connectivity index (χ0v) is 9.92. The lowest BCUT2D eigenvalue weighted by atomic mass is 10.2. The van der Waals surface area contributed by atoms with Gasteiger partial charge in [0.1, 0.15) is 18.2 Å². The molecule has 0 aliphatic rings. The molecule has 0 radical (unpaired) electrons. The Morgan fingerprint density at radius 1 is 1.47 bits per heavy atom. The predicted octanol–water partition coefficient (Wildman–Crippen LogP) is 1.85. The fourth-order valence-electron chi connectivity index (χ4n) is 1.18. The number of hydrogen-bond acceptors (Lipinski definition) is 6. The van der Waals surface area contributed by atoms with Gasteiger partial charge in [-0.2, -0.15) is 0 Å². The van der Waals surface area contributed by atoms with Gasteiger partial charge in [0.2, 0.25) is 5.13 Å². The summed E-state index contributed by atoms with van der Waals surface area (Å²) in [5, 5.41) is 8.78. The molecule has 3 N–H and O–H groups in total. The van der Waals surface area contributed by atoms with Gasteiger partial charge in [-0.25, -0.2) is 10.2 Å². The molecule has 0 aliphatic heterocycles. The second kappa shape index (κ2) is 5.07. The zero-order chi connectivity index (χ0) is 12.3. The van der Waals surface area contributed by atoms with Crippen LogP contribution in [0, 0.1) is 12.7 Å². The summed E-state index contributed by atoms with van der Waals surface area (Å²) < 4.78 is 18.6. The van der Waals surface area contributed by atoms with Gasteiger partial charge in [-0.05, 0) is 18.6 Å². The molecule has 1 heterocycles. The van der Waals surface area contributed by atoms with Gasteiger partial charge in [-0.15, -0.1) is 10.2 Å². The normalized spacial score (nSPS) is 10.3. The number of aromatic nitrogens is 2. The number of hydrazine groups is 1. The maximum absolute atomic E-state index is 13.2. The van der Waals surface area contributed by atoms with Crippen LogP contribution in [-0.4, -0.2) is 10.2 Å². The molecule has 2 aromatic rings. The van der Waals surface area contributed by atoms with Crippen LogP contribution < -0.4 is 16.0 Å². The molecule has 17 heavy (non-hydrogen) atoms.